The minimum atomic E-state index is -4.49. The van der Waals surface area contributed by atoms with Crippen LogP contribution in [-0.4, -0.2) is 23.1 Å². The number of aromatic nitrogens is 2. The van der Waals surface area contributed by atoms with E-state index in [-0.39, 0.29) is 11.8 Å². The lowest BCUT2D eigenvalue weighted by Gasteiger charge is -2.33. The van der Waals surface area contributed by atoms with Gasteiger partial charge in [-0.05, 0) is 18.8 Å². The van der Waals surface area contributed by atoms with Gasteiger partial charge in [0.1, 0.15) is 5.82 Å². The van der Waals surface area contributed by atoms with Gasteiger partial charge in [-0.1, -0.05) is 13.3 Å². The maximum atomic E-state index is 12.7. The van der Waals surface area contributed by atoms with Crippen molar-refractivity contribution in [1.29, 1.82) is 0 Å². The Morgan fingerprint density at radius 2 is 2.16 bits per heavy atom. The molecule has 0 amide bonds. The average molecular weight is 274 g/mol. The van der Waals surface area contributed by atoms with Gasteiger partial charge in [-0.3, -0.25) is 0 Å². The third kappa shape index (κ3) is 3.27. The third-order valence-electron chi connectivity index (χ3n) is 3.44. The number of anilines is 2. The van der Waals surface area contributed by atoms with Crippen LogP contribution < -0.4 is 10.6 Å². The Bertz CT molecular complexity index is 447. The first kappa shape index (κ1) is 13.9. The Kier molecular flexibility index (Phi) is 3.82. The number of nitrogen functional groups attached to an aromatic ring is 1. The number of halogens is 3. The van der Waals surface area contributed by atoms with Crippen molar-refractivity contribution in [2.24, 2.45) is 5.92 Å². The van der Waals surface area contributed by atoms with Crippen molar-refractivity contribution in [3.8, 4) is 0 Å². The number of hydrogen-bond acceptors (Lipinski definition) is 4. The van der Waals surface area contributed by atoms with E-state index in [4.69, 9.17) is 5.73 Å². The van der Waals surface area contributed by atoms with Crippen molar-refractivity contribution in [2.75, 3.05) is 23.7 Å². The van der Waals surface area contributed by atoms with E-state index in [2.05, 4.69) is 16.9 Å². The molecule has 0 spiro atoms. The summed E-state index contributed by atoms with van der Waals surface area (Å²) in [6.45, 7) is 3.53. The Hall–Kier alpha value is -1.53. The first-order valence-electron chi connectivity index (χ1n) is 6.37. The lowest BCUT2D eigenvalue weighted by Crippen LogP contribution is -2.36. The Balaban J connectivity index is 2.26. The zero-order valence-corrected chi connectivity index (χ0v) is 10.7. The van der Waals surface area contributed by atoms with E-state index in [1.807, 2.05) is 4.90 Å². The second kappa shape index (κ2) is 5.22. The quantitative estimate of drug-likeness (QED) is 0.901. The van der Waals surface area contributed by atoms with Gasteiger partial charge in [0.2, 0.25) is 5.95 Å². The van der Waals surface area contributed by atoms with Crippen molar-refractivity contribution in [1.82, 2.24) is 9.97 Å². The summed E-state index contributed by atoms with van der Waals surface area (Å²) in [6, 6.07) is 0.981. The van der Waals surface area contributed by atoms with Gasteiger partial charge >= 0.3 is 6.18 Å². The molecule has 1 aromatic rings. The molecule has 0 aliphatic carbocycles. The van der Waals surface area contributed by atoms with Crippen LogP contribution in [0.15, 0.2) is 6.07 Å². The minimum Gasteiger partial charge on any atom is -0.368 e. The Morgan fingerprint density at radius 3 is 2.79 bits per heavy atom. The number of hydrogen-bond donors (Lipinski definition) is 1. The van der Waals surface area contributed by atoms with Crippen LogP contribution in [0.1, 0.15) is 31.9 Å². The molecule has 7 heteroatoms. The lowest BCUT2D eigenvalue weighted by molar-refractivity contribution is -0.141. The van der Waals surface area contributed by atoms with Crippen LogP contribution in [-0.2, 0) is 6.18 Å². The molecule has 4 nitrogen and oxygen atoms in total. The number of rotatable bonds is 2. The summed E-state index contributed by atoms with van der Waals surface area (Å²) >= 11 is 0. The largest absolute Gasteiger partial charge is 0.433 e. The van der Waals surface area contributed by atoms with Gasteiger partial charge in [-0.2, -0.15) is 18.2 Å². The summed E-state index contributed by atoms with van der Waals surface area (Å²) in [6.07, 6.45) is -1.40. The normalized spacial score (nSPS) is 20.6. The van der Waals surface area contributed by atoms with Crippen molar-refractivity contribution >= 4 is 11.8 Å². The zero-order chi connectivity index (χ0) is 14.0. The predicted molar refractivity (Wildman–Crippen MR) is 66.7 cm³/mol. The summed E-state index contributed by atoms with van der Waals surface area (Å²) in [4.78, 5) is 9.05. The number of nitrogens with two attached hydrogens (primary N) is 1. The molecule has 0 radical (unpaired) electrons. The zero-order valence-electron chi connectivity index (χ0n) is 10.7. The molecule has 1 aromatic heterocycles. The molecule has 106 valence electrons. The Labute approximate surface area is 109 Å². The van der Waals surface area contributed by atoms with Crippen LogP contribution >= 0.6 is 0 Å². The van der Waals surface area contributed by atoms with Crippen molar-refractivity contribution in [3.05, 3.63) is 11.8 Å². The van der Waals surface area contributed by atoms with Gasteiger partial charge in [-0.25, -0.2) is 4.98 Å². The van der Waals surface area contributed by atoms with Crippen LogP contribution in [0.4, 0.5) is 24.9 Å². The molecule has 0 aromatic carbocycles. The van der Waals surface area contributed by atoms with E-state index >= 15 is 0 Å². The van der Waals surface area contributed by atoms with E-state index in [9.17, 15) is 13.2 Å². The van der Waals surface area contributed by atoms with Gasteiger partial charge in [0, 0.05) is 19.2 Å². The lowest BCUT2D eigenvalue weighted by atomic mass is 9.96. The van der Waals surface area contributed by atoms with Gasteiger partial charge < -0.3 is 10.6 Å². The van der Waals surface area contributed by atoms with Gasteiger partial charge in [0.25, 0.3) is 0 Å². The van der Waals surface area contributed by atoms with Gasteiger partial charge in [0.15, 0.2) is 5.69 Å². The van der Waals surface area contributed by atoms with Crippen molar-refractivity contribution in [3.63, 3.8) is 0 Å². The molecular formula is C12H17F3N4. The summed E-state index contributed by atoms with van der Waals surface area (Å²) in [5.74, 6) is 0.445. The van der Waals surface area contributed by atoms with Gasteiger partial charge in [0.05, 0.1) is 0 Å². The first-order valence-corrected chi connectivity index (χ1v) is 6.37. The molecule has 1 atom stereocenters. The van der Waals surface area contributed by atoms with E-state index in [0.29, 0.717) is 12.5 Å². The molecule has 1 aliphatic heterocycles. The summed E-state index contributed by atoms with van der Waals surface area (Å²) in [5.41, 5.74) is 4.40. The smallest absolute Gasteiger partial charge is 0.368 e. The standard InChI is InChI=1S/C12H17F3N4/c1-2-8-4-3-5-19(7-8)10-6-9(12(13,14)15)17-11(16)18-10/h6,8H,2-5,7H2,1H3,(H2,16,17,18). The topological polar surface area (TPSA) is 55.0 Å². The molecule has 19 heavy (non-hydrogen) atoms. The van der Waals surface area contributed by atoms with Crippen molar-refractivity contribution < 1.29 is 13.2 Å². The molecule has 1 unspecified atom stereocenters. The summed E-state index contributed by atoms with van der Waals surface area (Å²) in [7, 11) is 0. The SMILES string of the molecule is CCC1CCCN(c2cc(C(F)(F)F)nc(N)n2)C1. The molecule has 2 N–H and O–H groups in total. The van der Waals surface area contributed by atoms with Crippen LogP contribution in [0.5, 0.6) is 0 Å². The van der Waals surface area contributed by atoms with E-state index in [1.54, 1.807) is 0 Å². The molecule has 1 aliphatic rings. The fourth-order valence-electron chi connectivity index (χ4n) is 2.37. The third-order valence-corrected chi connectivity index (χ3v) is 3.44. The maximum Gasteiger partial charge on any atom is 0.433 e. The molecule has 2 rings (SSSR count). The average Bonchev–Trinajstić information content (AvgIpc) is 2.37. The van der Waals surface area contributed by atoms with Crippen molar-refractivity contribution in [2.45, 2.75) is 32.4 Å². The molecule has 1 saturated heterocycles. The second-order valence-corrected chi connectivity index (χ2v) is 4.83. The minimum absolute atomic E-state index is 0.276. The summed E-state index contributed by atoms with van der Waals surface area (Å²) < 4.78 is 38.1. The molecule has 2 heterocycles. The highest BCUT2D eigenvalue weighted by atomic mass is 19.4. The highest BCUT2D eigenvalue weighted by Crippen LogP contribution is 2.31. The number of piperidine rings is 1. The van der Waals surface area contributed by atoms with E-state index in [1.165, 1.54) is 0 Å². The molecular weight excluding hydrogens is 257 g/mol. The van der Waals surface area contributed by atoms with E-state index < -0.39 is 11.9 Å². The Morgan fingerprint density at radius 1 is 1.42 bits per heavy atom. The van der Waals surface area contributed by atoms with Gasteiger partial charge in [-0.15, -0.1) is 0 Å². The van der Waals surface area contributed by atoms with Crippen LogP contribution in [0.25, 0.3) is 0 Å². The fourth-order valence-corrected chi connectivity index (χ4v) is 2.37. The monoisotopic (exact) mass is 274 g/mol. The maximum absolute atomic E-state index is 12.7. The fraction of sp³-hybridized carbons (Fsp3) is 0.667. The predicted octanol–water partition coefficient (Wildman–Crippen LogP) is 2.70. The highest BCUT2D eigenvalue weighted by molar-refractivity contribution is 5.44. The van der Waals surface area contributed by atoms with Crippen LogP contribution in [0.2, 0.25) is 0 Å². The molecule has 0 saturated carbocycles. The number of nitrogens with zero attached hydrogens (tertiary/aromatic N) is 3. The highest BCUT2D eigenvalue weighted by Gasteiger charge is 2.34. The second-order valence-electron chi connectivity index (χ2n) is 4.83. The summed E-state index contributed by atoms with van der Waals surface area (Å²) in [5, 5.41) is 0. The first-order chi connectivity index (χ1) is 8.90. The molecule has 1 fully saturated rings. The number of alkyl halides is 3. The van der Waals surface area contributed by atoms with Crippen LogP contribution in [0.3, 0.4) is 0 Å². The van der Waals surface area contributed by atoms with Crippen LogP contribution in [0, 0.1) is 5.92 Å². The van der Waals surface area contributed by atoms with E-state index in [0.717, 1.165) is 31.9 Å². The molecule has 0 bridgehead atoms.